The Kier molecular flexibility index (Phi) is 5.11. The summed E-state index contributed by atoms with van der Waals surface area (Å²) >= 11 is 3.02. The van der Waals surface area contributed by atoms with E-state index in [0.29, 0.717) is 22.8 Å². The third kappa shape index (κ3) is 3.29. The first kappa shape index (κ1) is 20.9. The normalized spacial score (nSPS) is 11.7. The SMILES string of the molecule is CCOc1ccc(-n2c(SCc3nnc4n(C)c(=O)c5sccc5n34)nc3ccccc32)cc1. The van der Waals surface area contributed by atoms with E-state index in [0.717, 1.165) is 39.0 Å². The molecule has 34 heavy (non-hydrogen) atoms. The van der Waals surface area contributed by atoms with Crippen LogP contribution in [-0.2, 0) is 12.8 Å². The average Bonchev–Trinajstić information content (AvgIpc) is 3.58. The molecule has 6 aromatic rings. The van der Waals surface area contributed by atoms with Crippen molar-refractivity contribution in [1.82, 2.24) is 28.7 Å². The predicted octanol–water partition coefficient (Wildman–Crippen LogP) is 4.67. The number of nitrogens with zero attached hydrogens (tertiary/aromatic N) is 6. The van der Waals surface area contributed by atoms with Crippen molar-refractivity contribution in [2.24, 2.45) is 7.05 Å². The lowest BCUT2D eigenvalue weighted by Gasteiger charge is -2.10. The second-order valence-electron chi connectivity index (χ2n) is 7.68. The van der Waals surface area contributed by atoms with Crippen LogP contribution in [0.15, 0.2) is 69.9 Å². The summed E-state index contributed by atoms with van der Waals surface area (Å²) in [6.45, 7) is 2.60. The van der Waals surface area contributed by atoms with Crippen molar-refractivity contribution in [2.45, 2.75) is 17.8 Å². The van der Waals surface area contributed by atoms with E-state index in [1.54, 1.807) is 23.4 Å². The van der Waals surface area contributed by atoms with Crippen LogP contribution >= 0.6 is 23.1 Å². The molecule has 0 N–H and O–H groups in total. The third-order valence-corrected chi connectivity index (χ3v) is 7.49. The van der Waals surface area contributed by atoms with E-state index in [-0.39, 0.29) is 5.56 Å². The number of aromatic nitrogens is 6. The highest BCUT2D eigenvalue weighted by Crippen LogP contribution is 2.31. The Hall–Kier alpha value is -3.63. The van der Waals surface area contributed by atoms with Gasteiger partial charge in [-0.05, 0) is 54.8 Å². The van der Waals surface area contributed by atoms with Crippen LogP contribution in [0.1, 0.15) is 12.7 Å². The van der Waals surface area contributed by atoms with Crippen molar-refractivity contribution in [3.63, 3.8) is 0 Å². The molecule has 0 radical (unpaired) electrons. The molecule has 4 heterocycles. The number of benzene rings is 2. The number of para-hydroxylation sites is 2. The van der Waals surface area contributed by atoms with Crippen molar-refractivity contribution < 1.29 is 4.74 Å². The van der Waals surface area contributed by atoms with Gasteiger partial charge in [0.05, 0.1) is 28.9 Å². The molecule has 8 nitrogen and oxygen atoms in total. The fraction of sp³-hybridized carbons (Fsp3) is 0.167. The van der Waals surface area contributed by atoms with Crippen LogP contribution in [-0.4, -0.2) is 35.3 Å². The Morgan fingerprint density at radius 1 is 1.03 bits per heavy atom. The summed E-state index contributed by atoms with van der Waals surface area (Å²) < 4.78 is 12.0. The average molecular weight is 489 g/mol. The summed E-state index contributed by atoms with van der Waals surface area (Å²) in [5, 5.41) is 11.5. The number of thiophene rings is 1. The van der Waals surface area contributed by atoms with Gasteiger partial charge in [0.2, 0.25) is 5.78 Å². The first-order valence-corrected chi connectivity index (χ1v) is 12.7. The first-order chi connectivity index (χ1) is 16.7. The number of ether oxygens (including phenoxy) is 1. The quantitative estimate of drug-likeness (QED) is 0.317. The summed E-state index contributed by atoms with van der Waals surface area (Å²) in [6.07, 6.45) is 0. The fourth-order valence-corrected chi connectivity index (χ4v) is 5.88. The van der Waals surface area contributed by atoms with Gasteiger partial charge in [0.15, 0.2) is 5.16 Å². The molecule has 0 unspecified atom stereocenters. The second kappa shape index (κ2) is 8.30. The van der Waals surface area contributed by atoms with E-state index in [1.807, 2.05) is 65.2 Å². The molecule has 0 amide bonds. The van der Waals surface area contributed by atoms with Crippen molar-refractivity contribution in [3.05, 3.63) is 76.2 Å². The lowest BCUT2D eigenvalue weighted by Crippen LogP contribution is -2.19. The molecule has 0 saturated carbocycles. The maximum atomic E-state index is 12.6. The van der Waals surface area contributed by atoms with Crippen molar-refractivity contribution in [3.8, 4) is 11.4 Å². The molecule has 170 valence electrons. The summed E-state index contributed by atoms with van der Waals surface area (Å²) in [4.78, 5) is 17.5. The molecule has 2 aromatic carbocycles. The molecule has 0 saturated heterocycles. The minimum Gasteiger partial charge on any atom is -0.494 e. The van der Waals surface area contributed by atoms with E-state index < -0.39 is 0 Å². The van der Waals surface area contributed by atoms with Gasteiger partial charge in [-0.2, -0.15) is 0 Å². The van der Waals surface area contributed by atoms with E-state index in [1.165, 1.54) is 11.3 Å². The summed E-state index contributed by atoms with van der Waals surface area (Å²) in [5.74, 6) is 2.69. The van der Waals surface area contributed by atoms with Crippen molar-refractivity contribution >= 4 is 50.1 Å². The minimum absolute atomic E-state index is 0.0543. The van der Waals surface area contributed by atoms with Gasteiger partial charge in [0.1, 0.15) is 16.3 Å². The molecule has 0 spiro atoms. The minimum atomic E-state index is -0.0543. The summed E-state index contributed by atoms with van der Waals surface area (Å²) in [5.41, 5.74) is 3.74. The Bertz CT molecular complexity index is 1710. The zero-order valence-corrected chi connectivity index (χ0v) is 20.1. The smallest absolute Gasteiger partial charge is 0.272 e. The van der Waals surface area contributed by atoms with E-state index in [4.69, 9.17) is 9.72 Å². The molecule has 0 atom stereocenters. The van der Waals surface area contributed by atoms with Gasteiger partial charge in [-0.25, -0.2) is 4.98 Å². The number of rotatable bonds is 6. The van der Waals surface area contributed by atoms with Crippen molar-refractivity contribution in [2.75, 3.05) is 6.61 Å². The van der Waals surface area contributed by atoms with Gasteiger partial charge in [0, 0.05) is 12.7 Å². The van der Waals surface area contributed by atoms with Crippen LogP contribution in [0.2, 0.25) is 0 Å². The molecule has 4 aromatic heterocycles. The van der Waals surface area contributed by atoms with Crippen LogP contribution in [0.4, 0.5) is 0 Å². The van der Waals surface area contributed by atoms with Gasteiger partial charge in [-0.15, -0.1) is 21.5 Å². The molecular weight excluding hydrogens is 468 g/mol. The Balaban J connectivity index is 1.42. The van der Waals surface area contributed by atoms with Gasteiger partial charge < -0.3 is 4.74 Å². The van der Waals surface area contributed by atoms with E-state index in [2.05, 4.69) is 20.8 Å². The van der Waals surface area contributed by atoms with Gasteiger partial charge >= 0.3 is 0 Å². The van der Waals surface area contributed by atoms with Crippen LogP contribution in [0.5, 0.6) is 5.75 Å². The third-order valence-electron chi connectivity index (χ3n) is 5.66. The topological polar surface area (TPSA) is 79.2 Å². The van der Waals surface area contributed by atoms with Gasteiger partial charge in [-0.3, -0.25) is 18.3 Å². The summed E-state index contributed by atoms with van der Waals surface area (Å²) in [6, 6.07) is 18.1. The van der Waals surface area contributed by atoms with Crippen molar-refractivity contribution in [1.29, 1.82) is 0 Å². The van der Waals surface area contributed by atoms with Crippen LogP contribution in [0, 0.1) is 0 Å². The Morgan fingerprint density at radius 2 is 1.85 bits per heavy atom. The number of fused-ring (bicyclic) bond motifs is 4. The summed E-state index contributed by atoms with van der Waals surface area (Å²) in [7, 11) is 1.73. The van der Waals surface area contributed by atoms with Gasteiger partial charge in [-0.1, -0.05) is 23.9 Å². The van der Waals surface area contributed by atoms with E-state index >= 15 is 0 Å². The monoisotopic (exact) mass is 488 g/mol. The lowest BCUT2D eigenvalue weighted by atomic mass is 10.2. The highest BCUT2D eigenvalue weighted by atomic mass is 32.2. The van der Waals surface area contributed by atoms with E-state index in [9.17, 15) is 4.79 Å². The number of imidazole rings is 1. The number of thioether (sulfide) groups is 1. The molecule has 0 aliphatic carbocycles. The lowest BCUT2D eigenvalue weighted by molar-refractivity contribution is 0.340. The van der Waals surface area contributed by atoms with Crippen LogP contribution < -0.4 is 10.3 Å². The highest BCUT2D eigenvalue weighted by Gasteiger charge is 2.18. The molecule has 10 heteroatoms. The van der Waals surface area contributed by atoms with Crippen LogP contribution in [0.3, 0.4) is 0 Å². The largest absolute Gasteiger partial charge is 0.494 e. The second-order valence-corrected chi connectivity index (χ2v) is 9.54. The number of hydrogen-bond donors (Lipinski definition) is 0. The molecular formula is C24H20N6O2S2. The predicted molar refractivity (Wildman–Crippen MR) is 135 cm³/mol. The van der Waals surface area contributed by atoms with Crippen LogP contribution in [0.25, 0.3) is 32.7 Å². The maximum absolute atomic E-state index is 12.6. The van der Waals surface area contributed by atoms with Gasteiger partial charge in [0.25, 0.3) is 5.56 Å². The maximum Gasteiger partial charge on any atom is 0.272 e. The Labute approximate surface area is 202 Å². The zero-order chi connectivity index (χ0) is 23.2. The molecule has 0 aliphatic rings. The number of aryl methyl sites for hydroxylation is 1. The highest BCUT2D eigenvalue weighted by molar-refractivity contribution is 7.98. The fourth-order valence-electron chi connectivity index (χ4n) is 4.08. The number of hydrogen-bond acceptors (Lipinski definition) is 7. The zero-order valence-electron chi connectivity index (χ0n) is 18.5. The first-order valence-electron chi connectivity index (χ1n) is 10.8. The molecule has 0 fully saturated rings. The molecule has 0 bridgehead atoms. The molecule has 6 rings (SSSR count). The molecule has 0 aliphatic heterocycles. The Morgan fingerprint density at radius 3 is 2.68 bits per heavy atom. The standard InChI is InChI=1S/C24H20N6O2S2/c1-3-32-16-10-8-15(9-11-16)29-18-7-5-4-6-17(18)25-24(29)34-14-20-26-27-23-28(2)22(31)21-19(30(20)23)12-13-33-21/h4-13H,3,14H2,1-2H3.